The Labute approximate surface area is 65.4 Å². The minimum Gasteiger partial charge on any atom is -0.211 e. The van der Waals surface area contributed by atoms with Crippen LogP contribution < -0.4 is 0 Å². The predicted molar refractivity (Wildman–Crippen MR) is 36.6 cm³/mol. The molecule has 0 bridgehead atoms. The number of halogens is 2. The van der Waals surface area contributed by atoms with Crippen molar-refractivity contribution < 1.29 is 4.39 Å². The third-order valence-electron chi connectivity index (χ3n) is 0.935. The highest BCUT2D eigenvalue weighted by Crippen LogP contribution is 2.11. The molecule has 0 aromatic carbocycles. The number of aromatic nitrogens is 1. The third kappa shape index (κ3) is 1.31. The van der Waals surface area contributed by atoms with Crippen molar-refractivity contribution in [3.05, 3.63) is 28.2 Å². The largest absolute Gasteiger partial charge is 0.213 e. The van der Waals surface area contributed by atoms with Crippen LogP contribution in [0.4, 0.5) is 4.39 Å². The van der Waals surface area contributed by atoms with Crippen molar-refractivity contribution in [2.75, 3.05) is 0 Å². The van der Waals surface area contributed by atoms with Crippen LogP contribution in [-0.4, -0.2) is 4.98 Å². The van der Waals surface area contributed by atoms with Crippen LogP contribution in [0.2, 0.25) is 0 Å². The van der Waals surface area contributed by atoms with Gasteiger partial charge in [-0.3, -0.25) is 0 Å². The molecule has 0 saturated carbocycles. The molecule has 0 N–H and O–H groups in total. The van der Waals surface area contributed by atoms with Gasteiger partial charge in [-0.1, -0.05) is 0 Å². The zero-order chi connectivity index (χ0) is 7.56. The Morgan fingerprint density at radius 2 is 2.30 bits per heavy atom. The fraction of sp³-hybridized carbons (Fsp3) is 0. The van der Waals surface area contributed by atoms with E-state index in [1.807, 2.05) is 6.07 Å². The van der Waals surface area contributed by atoms with Crippen LogP contribution in [0.15, 0.2) is 16.7 Å². The molecule has 0 aliphatic heterocycles. The van der Waals surface area contributed by atoms with E-state index in [4.69, 9.17) is 5.26 Å². The first-order chi connectivity index (χ1) is 4.74. The summed E-state index contributed by atoms with van der Waals surface area (Å²) in [6.07, 6.45) is 0. The van der Waals surface area contributed by atoms with E-state index in [0.29, 0.717) is 5.56 Å². The second-order valence-electron chi connectivity index (χ2n) is 1.58. The SMILES string of the molecule is N#Cc1ccc(F)nc1Br. The lowest BCUT2D eigenvalue weighted by atomic mass is 10.3. The van der Waals surface area contributed by atoms with Crippen molar-refractivity contribution in [2.45, 2.75) is 0 Å². The minimum atomic E-state index is -0.592. The van der Waals surface area contributed by atoms with E-state index in [1.54, 1.807) is 0 Å². The number of rotatable bonds is 0. The number of pyridine rings is 1. The van der Waals surface area contributed by atoms with E-state index in [1.165, 1.54) is 6.07 Å². The average Bonchev–Trinajstić information content (AvgIpc) is 1.88. The molecular weight excluding hydrogens is 199 g/mol. The molecule has 0 spiro atoms. The molecule has 2 nitrogen and oxygen atoms in total. The molecule has 1 rings (SSSR count). The quantitative estimate of drug-likeness (QED) is 0.600. The molecule has 0 unspecified atom stereocenters. The van der Waals surface area contributed by atoms with Gasteiger partial charge >= 0.3 is 0 Å². The highest BCUT2D eigenvalue weighted by atomic mass is 79.9. The molecule has 0 fully saturated rings. The number of nitriles is 1. The second-order valence-corrected chi connectivity index (χ2v) is 2.34. The first-order valence-electron chi connectivity index (χ1n) is 2.46. The third-order valence-corrected chi connectivity index (χ3v) is 1.54. The predicted octanol–water partition coefficient (Wildman–Crippen LogP) is 1.85. The molecule has 0 radical (unpaired) electrons. The van der Waals surface area contributed by atoms with E-state index in [9.17, 15) is 4.39 Å². The van der Waals surface area contributed by atoms with Gasteiger partial charge in [0.1, 0.15) is 10.7 Å². The summed E-state index contributed by atoms with van der Waals surface area (Å²) in [4.78, 5) is 3.37. The Kier molecular flexibility index (Phi) is 1.97. The minimum absolute atomic E-state index is 0.245. The molecule has 1 heterocycles. The molecule has 1 aromatic heterocycles. The normalized spacial score (nSPS) is 8.90. The molecule has 0 aliphatic rings. The molecule has 10 heavy (non-hydrogen) atoms. The van der Waals surface area contributed by atoms with Gasteiger partial charge in [0, 0.05) is 0 Å². The monoisotopic (exact) mass is 200 g/mol. The van der Waals surface area contributed by atoms with Crippen molar-refractivity contribution in [3.8, 4) is 6.07 Å². The van der Waals surface area contributed by atoms with Crippen LogP contribution in [-0.2, 0) is 0 Å². The van der Waals surface area contributed by atoms with Gasteiger partial charge < -0.3 is 0 Å². The summed E-state index contributed by atoms with van der Waals surface area (Å²) >= 11 is 2.93. The van der Waals surface area contributed by atoms with Crippen LogP contribution in [0.1, 0.15) is 5.56 Å². The summed E-state index contributed by atoms with van der Waals surface area (Å²) in [7, 11) is 0. The second kappa shape index (κ2) is 2.76. The molecule has 0 aliphatic carbocycles. The van der Waals surface area contributed by atoms with E-state index < -0.39 is 5.95 Å². The molecular formula is C6H2BrFN2. The molecule has 1 aromatic rings. The summed E-state index contributed by atoms with van der Waals surface area (Å²) < 4.78 is 12.5. The Morgan fingerprint density at radius 3 is 2.80 bits per heavy atom. The summed E-state index contributed by atoms with van der Waals surface area (Å²) in [6.45, 7) is 0. The van der Waals surface area contributed by atoms with E-state index in [-0.39, 0.29) is 4.60 Å². The molecule has 0 atom stereocenters. The Balaban J connectivity index is 3.23. The fourth-order valence-corrected chi connectivity index (χ4v) is 0.886. The lowest BCUT2D eigenvalue weighted by molar-refractivity contribution is 0.580. The van der Waals surface area contributed by atoms with E-state index >= 15 is 0 Å². The van der Waals surface area contributed by atoms with Gasteiger partial charge in [-0.05, 0) is 28.1 Å². The molecule has 4 heteroatoms. The maximum Gasteiger partial charge on any atom is 0.213 e. The van der Waals surface area contributed by atoms with Crippen LogP contribution in [0, 0.1) is 17.3 Å². The summed E-state index contributed by atoms with van der Waals surface area (Å²) in [6, 6.07) is 4.36. The topological polar surface area (TPSA) is 36.7 Å². The van der Waals surface area contributed by atoms with Crippen LogP contribution >= 0.6 is 15.9 Å². The lowest BCUT2D eigenvalue weighted by Crippen LogP contribution is -1.85. The number of hydrogen-bond donors (Lipinski definition) is 0. The summed E-state index contributed by atoms with van der Waals surface area (Å²) in [5.41, 5.74) is 0.335. The number of hydrogen-bond acceptors (Lipinski definition) is 2. The zero-order valence-electron chi connectivity index (χ0n) is 4.81. The maximum absolute atomic E-state index is 12.2. The highest BCUT2D eigenvalue weighted by Gasteiger charge is 1.99. The maximum atomic E-state index is 12.2. The summed E-state index contributed by atoms with van der Waals surface area (Å²) in [5.74, 6) is -0.592. The smallest absolute Gasteiger partial charge is 0.211 e. The highest BCUT2D eigenvalue weighted by molar-refractivity contribution is 9.10. The Morgan fingerprint density at radius 1 is 1.60 bits per heavy atom. The standard InChI is InChI=1S/C6H2BrFN2/c7-6-4(3-9)1-2-5(8)10-6/h1-2H. The Bertz CT molecular complexity index is 292. The zero-order valence-corrected chi connectivity index (χ0v) is 6.39. The first kappa shape index (κ1) is 7.16. The van der Waals surface area contributed by atoms with Gasteiger partial charge in [-0.25, -0.2) is 4.98 Å². The number of nitrogens with zero attached hydrogens (tertiary/aromatic N) is 2. The van der Waals surface area contributed by atoms with E-state index in [2.05, 4.69) is 20.9 Å². The van der Waals surface area contributed by atoms with Crippen molar-refractivity contribution >= 4 is 15.9 Å². The fourth-order valence-electron chi connectivity index (χ4n) is 0.496. The van der Waals surface area contributed by atoms with Crippen LogP contribution in [0.3, 0.4) is 0 Å². The van der Waals surface area contributed by atoms with Crippen molar-refractivity contribution in [3.63, 3.8) is 0 Å². The van der Waals surface area contributed by atoms with Gasteiger partial charge in [0.25, 0.3) is 0 Å². The van der Waals surface area contributed by atoms with Gasteiger partial charge in [0.05, 0.1) is 5.56 Å². The molecule has 50 valence electrons. The van der Waals surface area contributed by atoms with Crippen LogP contribution in [0.5, 0.6) is 0 Å². The van der Waals surface area contributed by atoms with E-state index in [0.717, 1.165) is 6.07 Å². The lowest BCUT2D eigenvalue weighted by Gasteiger charge is -1.90. The summed E-state index contributed by atoms with van der Waals surface area (Å²) in [5, 5.41) is 8.37. The van der Waals surface area contributed by atoms with Gasteiger partial charge in [0.15, 0.2) is 0 Å². The van der Waals surface area contributed by atoms with Gasteiger partial charge in [-0.2, -0.15) is 9.65 Å². The Hall–Kier alpha value is -0.950. The molecule has 0 amide bonds. The first-order valence-corrected chi connectivity index (χ1v) is 3.25. The van der Waals surface area contributed by atoms with Crippen molar-refractivity contribution in [2.24, 2.45) is 0 Å². The average molecular weight is 201 g/mol. The molecule has 0 saturated heterocycles. The van der Waals surface area contributed by atoms with Gasteiger partial charge in [-0.15, -0.1) is 0 Å². The van der Waals surface area contributed by atoms with Crippen LogP contribution in [0.25, 0.3) is 0 Å². The van der Waals surface area contributed by atoms with Crippen molar-refractivity contribution in [1.29, 1.82) is 5.26 Å². The van der Waals surface area contributed by atoms with Crippen molar-refractivity contribution in [1.82, 2.24) is 4.98 Å². The van der Waals surface area contributed by atoms with Gasteiger partial charge in [0.2, 0.25) is 5.95 Å².